The summed E-state index contributed by atoms with van der Waals surface area (Å²) in [5, 5.41) is 3.16. The third kappa shape index (κ3) is 4.55. The van der Waals surface area contributed by atoms with Gasteiger partial charge in [0.15, 0.2) is 0 Å². The highest BCUT2D eigenvalue weighted by molar-refractivity contribution is 7.89. The van der Waals surface area contributed by atoms with Crippen LogP contribution < -0.4 is 5.32 Å². The lowest BCUT2D eigenvalue weighted by Gasteiger charge is -2.56. The van der Waals surface area contributed by atoms with Gasteiger partial charge >= 0.3 is 0 Å². The molecule has 1 amide bonds. The summed E-state index contributed by atoms with van der Waals surface area (Å²) < 4.78 is 27.1. The van der Waals surface area contributed by atoms with E-state index in [0.29, 0.717) is 44.0 Å². The Balaban J connectivity index is 1.05. The molecule has 0 atom stereocenters. The van der Waals surface area contributed by atoms with E-state index in [4.69, 9.17) is 0 Å². The van der Waals surface area contributed by atoms with E-state index in [1.165, 1.54) is 38.5 Å². The molecule has 6 rings (SSSR count). The molecule has 1 saturated heterocycles. The number of carbonyl (C=O) groups is 1. The topological polar surface area (TPSA) is 69.7 Å². The van der Waals surface area contributed by atoms with Gasteiger partial charge in [0.2, 0.25) is 15.9 Å². The first-order chi connectivity index (χ1) is 14.9. The fourth-order valence-corrected chi connectivity index (χ4v) is 8.64. The minimum absolute atomic E-state index is 0.215. The molecule has 1 aliphatic heterocycles. The second kappa shape index (κ2) is 8.49. The number of nitrogens with one attached hydrogen (secondary N) is 1. The lowest BCUT2D eigenvalue weighted by Crippen LogP contribution is -2.50. The molecule has 0 aromatic heterocycles. The molecular formula is C24H35N3O3S. The first-order valence-corrected chi connectivity index (χ1v) is 13.4. The van der Waals surface area contributed by atoms with E-state index in [9.17, 15) is 13.2 Å². The number of sulfonamides is 1. The Morgan fingerprint density at radius 2 is 1.52 bits per heavy atom. The predicted octanol–water partition coefficient (Wildman–Crippen LogP) is 2.72. The molecule has 1 N–H and O–H groups in total. The van der Waals surface area contributed by atoms with Crippen LogP contribution in [0.15, 0.2) is 35.2 Å². The first kappa shape index (κ1) is 21.4. The van der Waals surface area contributed by atoms with E-state index in [1.54, 1.807) is 28.6 Å². The summed E-state index contributed by atoms with van der Waals surface area (Å²) in [6.45, 7) is 3.84. The number of rotatable bonds is 7. The van der Waals surface area contributed by atoms with Crippen molar-refractivity contribution in [1.29, 1.82) is 0 Å². The van der Waals surface area contributed by atoms with E-state index in [2.05, 4.69) is 10.2 Å². The smallest absolute Gasteiger partial charge is 0.243 e. The zero-order valence-electron chi connectivity index (χ0n) is 18.3. The van der Waals surface area contributed by atoms with Gasteiger partial charge in [-0.15, -0.1) is 0 Å². The Morgan fingerprint density at radius 3 is 2.10 bits per heavy atom. The van der Waals surface area contributed by atoms with Crippen molar-refractivity contribution in [2.24, 2.45) is 23.2 Å². The van der Waals surface area contributed by atoms with Gasteiger partial charge in [-0.3, -0.25) is 9.69 Å². The Kier molecular flexibility index (Phi) is 5.86. The fraction of sp³-hybridized carbons (Fsp3) is 0.708. The largest absolute Gasteiger partial charge is 0.355 e. The van der Waals surface area contributed by atoms with E-state index in [0.717, 1.165) is 24.3 Å². The Morgan fingerprint density at radius 1 is 0.935 bits per heavy atom. The molecule has 170 valence electrons. The molecule has 1 heterocycles. The number of hydrogen-bond donors (Lipinski definition) is 1. The second-order valence-corrected chi connectivity index (χ2v) is 12.4. The van der Waals surface area contributed by atoms with Gasteiger partial charge in [0.25, 0.3) is 0 Å². The van der Waals surface area contributed by atoms with E-state index < -0.39 is 10.0 Å². The quantitative estimate of drug-likeness (QED) is 0.701. The summed E-state index contributed by atoms with van der Waals surface area (Å²) >= 11 is 0. The van der Waals surface area contributed by atoms with Crippen molar-refractivity contribution in [3.63, 3.8) is 0 Å². The molecule has 7 heteroatoms. The Labute approximate surface area is 186 Å². The summed E-state index contributed by atoms with van der Waals surface area (Å²) in [7, 11) is -3.41. The van der Waals surface area contributed by atoms with E-state index in [-0.39, 0.29) is 11.3 Å². The number of amides is 1. The number of piperazine rings is 1. The maximum Gasteiger partial charge on any atom is 0.243 e. The number of benzene rings is 1. The molecule has 0 spiro atoms. The summed E-state index contributed by atoms with van der Waals surface area (Å²) in [6.07, 6.45) is 8.74. The van der Waals surface area contributed by atoms with Gasteiger partial charge in [0.05, 0.1) is 4.90 Å². The summed E-state index contributed by atoms with van der Waals surface area (Å²) in [4.78, 5) is 15.3. The highest BCUT2D eigenvalue weighted by atomic mass is 32.2. The van der Waals surface area contributed by atoms with Crippen LogP contribution in [-0.4, -0.2) is 62.8 Å². The Bertz CT molecular complexity index is 859. The zero-order chi connectivity index (χ0) is 21.5. The van der Waals surface area contributed by atoms with Crippen molar-refractivity contribution in [2.75, 3.05) is 39.3 Å². The van der Waals surface area contributed by atoms with Crippen LogP contribution in [0.25, 0.3) is 0 Å². The average molecular weight is 446 g/mol. The van der Waals surface area contributed by atoms with Crippen LogP contribution >= 0.6 is 0 Å². The number of hydrogen-bond acceptors (Lipinski definition) is 4. The van der Waals surface area contributed by atoms with Gasteiger partial charge in [-0.05, 0) is 73.8 Å². The molecule has 1 aromatic carbocycles. The van der Waals surface area contributed by atoms with Gasteiger partial charge in [-0.1, -0.05) is 18.2 Å². The van der Waals surface area contributed by atoms with Crippen LogP contribution in [0.4, 0.5) is 0 Å². The Hall–Kier alpha value is -1.44. The molecule has 4 saturated carbocycles. The van der Waals surface area contributed by atoms with E-state index in [1.807, 2.05) is 6.07 Å². The fourth-order valence-electron chi connectivity index (χ4n) is 7.20. The zero-order valence-corrected chi connectivity index (χ0v) is 19.2. The molecule has 5 aliphatic rings. The van der Waals surface area contributed by atoms with Gasteiger partial charge in [0.1, 0.15) is 0 Å². The lowest BCUT2D eigenvalue weighted by atomic mass is 9.49. The van der Waals surface area contributed by atoms with Crippen molar-refractivity contribution in [2.45, 2.75) is 49.8 Å². The SMILES string of the molecule is O=C(CC12CC3CC(CC(C3)C1)C2)NCCN1CCN(S(=O)(=O)c2ccccc2)CC1. The summed E-state index contributed by atoms with van der Waals surface area (Å²) in [6, 6.07) is 8.65. The van der Waals surface area contributed by atoms with Crippen molar-refractivity contribution in [3.05, 3.63) is 30.3 Å². The van der Waals surface area contributed by atoms with Crippen LogP contribution in [0.5, 0.6) is 0 Å². The van der Waals surface area contributed by atoms with Gasteiger partial charge < -0.3 is 5.32 Å². The lowest BCUT2D eigenvalue weighted by molar-refractivity contribution is -0.129. The predicted molar refractivity (Wildman–Crippen MR) is 120 cm³/mol. The van der Waals surface area contributed by atoms with Crippen molar-refractivity contribution >= 4 is 15.9 Å². The highest BCUT2D eigenvalue weighted by Crippen LogP contribution is 2.61. The monoisotopic (exact) mass is 445 g/mol. The van der Waals surface area contributed by atoms with Gasteiger partial charge in [-0.2, -0.15) is 4.31 Å². The van der Waals surface area contributed by atoms with Crippen LogP contribution in [0.1, 0.15) is 44.9 Å². The summed E-state index contributed by atoms with van der Waals surface area (Å²) in [5.74, 6) is 2.85. The molecule has 0 unspecified atom stereocenters. The highest BCUT2D eigenvalue weighted by Gasteiger charge is 2.51. The third-order valence-corrected chi connectivity index (χ3v) is 10.1. The second-order valence-electron chi connectivity index (χ2n) is 10.5. The van der Waals surface area contributed by atoms with Crippen molar-refractivity contribution in [3.8, 4) is 0 Å². The van der Waals surface area contributed by atoms with Gasteiger partial charge in [0, 0.05) is 45.7 Å². The van der Waals surface area contributed by atoms with E-state index >= 15 is 0 Å². The van der Waals surface area contributed by atoms with Gasteiger partial charge in [-0.25, -0.2) is 8.42 Å². The van der Waals surface area contributed by atoms with Crippen LogP contribution in [0.3, 0.4) is 0 Å². The normalized spacial score (nSPS) is 33.5. The number of carbonyl (C=O) groups excluding carboxylic acids is 1. The van der Waals surface area contributed by atoms with Crippen molar-refractivity contribution < 1.29 is 13.2 Å². The van der Waals surface area contributed by atoms with Crippen LogP contribution in [0.2, 0.25) is 0 Å². The standard InChI is InChI=1S/C24H35N3O3S/c28-23(18-24-15-19-12-20(16-24)14-21(13-19)17-24)25-6-7-26-8-10-27(11-9-26)31(29,30)22-4-2-1-3-5-22/h1-5,19-21H,6-18H2,(H,25,28). The molecule has 1 aromatic rings. The molecule has 6 nitrogen and oxygen atoms in total. The first-order valence-electron chi connectivity index (χ1n) is 12.0. The minimum Gasteiger partial charge on any atom is -0.355 e. The molecule has 0 radical (unpaired) electrons. The minimum atomic E-state index is -3.41. The maximum atomic E-state index is 12.7. The summed E-state index contributed by atoms with van der Waals surface area (Å²) in [5.41, 5.74) is 0.288. The number of nitrogens with zero attached hydrogens (tertiary/aromatic N) is 2. The molecule has 5 fully saturated rings. The average Bonchev–Trinajstić information content (AvgIpc) is 2.73. The molecule has 31 heavy (non-hydrogen) atoms. The molecular weight excluding hydrogens is 410 g/mol. The van der Waals surface area contributed by atoms with Crippen molar-refractivity contribution in [1.82, 2.24) is 14.5 Å². The maximum absolute atomic E-state index is 12.7. The third-order valence-electron chi connectivity index (χ3n) is 8.16. The molecule has 4 bridgehead atoms. The van der Waals surface area contributed by atoms with Crippen LogP contribution in [0, 0.1) is 23.2 Å². The molecule has 4 aliphatic carbocycles. The van der Waals surface area contributed by atoms with Crippen LogP contribution in [-0.2, 0) is 14.8 Å².